The Bertz CT molecular complexity index is 167. The van der Waals surface area contributed by atoms with Crippen LogP contribution >= 0.6 is 0 Å². The molecule has 0 aromatic carbocycles. The highest BCUT2D eigenvalue weighted by Gasteiger charge is 2.27. The molecule has 0 aromatic heterocycles. The van der Waals surface area contributed by atoms with Crippen molar-refractivity contribution < 1.29 is 9.90 Å². The van der Waals surface area contributed by atoms with Gasteiger partial charge in [0.2, 0.25) is 0 Å². The Morgan fingerprint density at radius 2 is 2.55 bits per heavy atom. The average molecular weight is 155 g/mol. The summed E-state index contributed by atoms with van der Waals surface area (Å²) in [5, 5.41) is 11.6. The van der Waals surface area contributed by atoms with Crippen molar-refractivity contribution in [2.45, 2.75) is 18.9 Å². The standard InChI is InChI=1S/C8H13NO2/c1-2-3-6-4-7(8(10)11)9-5-6/h2,6-7,9H,1,3-5H2,(H,10,11)/t6-,7+/m0/s1. The zero-order valence-electron chi connectivity index (χ0n) is 6.42. The van der Waals surface area contributed by atoms with Gasteiger partial charge in [-0.3, -0.25) is 4.79 Å². The molecule has 1 heterocycles. The van der Waals surface area contributed by atoms with Crippen molar-refractivity contribution in [1.29, 1.82) is 0 Å². The largest absolute Gasteiger partial charge is 0.480 e. The lowest BCUT2D eigenvalue weighted by atomic mass is 10.0. The van der Waals surface area contributed by atoms with Gasteiger partial charge in [-0.05, 0) is 25.3 Å². The molecule has 2 atom stereocenters. The first-order chi connectivity index (χ1) is 5.24. The topological polar surface area (TPSA) is 49.3 Å². The van der Waals surface area contributed by atoms with Crippen molar-refractivity contribution in [2.75, 3.05) is 6.54 Å². The Balaban J connectivity index is 2.34. The second kappa shape index (κ2) is 3.53. The fourth-order valence-electron chi connectivity index (χ4n) is 1.41. The normalized spacial score (nSPS) is 30.2. The molecule has 0 saturated carbocycles. The maximum absolute atomic E-state index is 10.5. The van der Waals surface area contributed by atoms with Gasteiger partial charge in [0.15, 0.2) is 0 Å². The van der Waals surface area contributed by atoms with E-state index in [1.54, 1.807) is 0 Å². The van der Waals surface area contributed by atoms with Crippen LogP contribution in [0.3, 0.4) is 0 Å². The molecule has 0 amide bonds. The van der Waals surface area contributed by atoms with Crippen molar-refractivity contribution in [1.82, 2.24) is 5.32 Å². The minimum Gasteiger partial charge on any atom is -0.480 e. The fraction of sp³-hybridized carbons (Fsp3) is 0.625. The van der Waals surface area contributed by atoms with Crippen LogP contribution in [0.15, 0.2) is 12.7 Å². The molecule has 11 heavy (non-hydrogen) atoms. The van der Waals surface area contributed by atoms with Gasteiger partial charge in [-0.2, -0.15) is 0 Å². The number of allylic oxidation sites excluding steroid dienone is 1. The van der Waals surface area contributed by atoms with E-state index in [9.17, 15) is 4.79 Å². The highest BCUT2D eigenvalue weighted by molar-refractivity contribution is 5.73. The second-order valence-corrected chi connectivity index (χ2v) is 2.93. The zero-order chi connectivity index (χ0) is 8.27. The Kier molecular flexibility index (Phi) is 2.65. The maximum atomic E-state index is 10.5. The Labute approximate surface area is 66.1 Å². The van der Waals surface area contributed by atoms with E-state index in [0.29, 0.717) is 5.92 Å². The summed E-state index contributed by atoms with van der Waals surface area (Å²) in [6.45, 7) is 4.43. The summed E-state index contributed by atoms with van der Waals surface area (Å²) in [4.78, 5) is 10.5. The van der Waals surface area contributed by atoms with E-state index in [1.165, 1.54) is 0 Å². The van der Waals surface area contributed by atoms with Gasteiger partial charge in [-0.25, -0.2) is 0 Å². The summed E-state index contributed by atoms with van der Waals surface area (Å²) in [6, 6.07) is -0.333. The zero-order valence-corrected chi connectivity index (χ0v) is 6.42. The van der Waals surface area contributed by atoms with Gasteiger partial charge in [0.05, 0.1) is 0 Å². The monoisotopic (exact) mass is 155 g/mol. The number of carbonyl (C=O) groups is 1. The van der Waals surface area contributed by atoms with E-state index in [0.717, 1.165) is 19.4 Å². The first-order valence-corrected chi connectivity index (χ1v) is 3.81. The Morgan fingerprint density at radius 1 is 1.82 bits per heavy atom. The molecule has 3 nitrogen and oxygen atoms in total. The Morgan fingerprint density at radius 3 is 3.00 bits per heavy atom. The van der Waals surface area contributed by atoms with E-state index in [2.05, 4.69) is 11.9 Å². The number of carboxylic acids is 1. The van der Waals surface area contributed by atoms with Gasteiger partial charge in [-0.15, -0.1) is 6.58 Å². The summed E-state index contributed by atoms with van der Waals surface area (Å²) in [5.41, 5.74) is 0. The van der Waals surface area contributed by atoms with Gasteiger partial charge in [0, 0.05) is 0 Å². The lowest BCUT2D eigenvalue weighted by Crippen LogP contribution is -2.29. The third-order valence-corrected chi connectivity index (χ3v) is 2.02. The number of carboxylic acid groups (broad SMARTS) is 1. The van der Waals surface area contributed by atoms with Crippen LogP contribution in [0.5, 0.6) is 0 Å². The van der Waals surface area contributed by atoms with E-state index in [-0.39, 0.29) is 6.04 Å². The number of nitrogens with one attached hydrogen (secondary N) is 1. The smallest absolute Gasteiger partial charge is 0.320 e. The van der Waals surface area contributed by atoms with Crippen molar-refractivity contribution in [3.05, 3.63) is 12.7 Å². The molecule has 1 saturated heterocycles. The van der Waals surface area contributed by atoms with Gasteiger partial charge in [0.25, 0.3) is 0 Å². The van der Waals surface area contributed by atoms with Gasteiger partial charge < -0.3 is 10.4 Å². The molecule has 0 spiro atoms. The average Bonchev–Trinajstić information content (AvgIpc) is 2.37. The highest BCUT2D eigenvalue weighted by Crippen LogP contribution is 2.17. The quantitative estimate of drug-likeness (QED) is 0.587. The predicted molar refractivity (Wildman–Crippen MR) is 42.3 cm³/mol. The van der Waals surface area contributed by atoms with Crippen molar-refractivity contribution in [3.63, 3.8) is 0 Å². The number of rotatable bonds is 3. The lowest BCUT2D eigenvalue weighted by molar-refractivity contribution is -0.139. The van der Waals surface area contributed by atoms with E-state index < -0.39 is 5.97 Å². The minimum atomic E-state index is -0.739. The van der Waals surface area contributed by atoms with E-state index >= 15 is 0 Å². The molecule has 62 valence electrons. The summed E-state index contributed by atoms with van der Waals surface area (Å²) >= 11 is 0. The lowest BCUT2D eigenvalue weighted by Gasteiger charge is -2.02. The molecule has 0 bridgehead atoms. The van der Waals surface area contributed by atoms with Crippen LogP contribution in [0, 0.1) is 5.92 Å². The van der Waals surface area contributed by atoms with Crippen LogP contribution in [-0.2, 0) is 4.79 Å². The molecule has 0 unspecified atom stereocenters. The van der Waals surface area contributed by atoms with Crippen LogP contribution in [0.4, 0.5) is 0 Å². The van der Waals surface area contributed by atoms with Crippen molar-refractivity contribution >= 4 is 5.97 Å². The van der Waals surface area contributed by atoms with Crippen LogP contribution in [0.2, 0.25) is 0 Å². The van der Waals surface area contributed by atoms with E-state index in [1.807, 2.05) is 6.08 Å². The van der Waals surface area contributed by atoms with Gasteiger partial charge >= 0.3 is 5.97 Å². The molecule has 0 aliphatic carbocycles. The molecule has 1 aliphatic heterocycles. The summed E-state index contributed by atoms with van der Waals surface area (Å²) in [5.74, 6) is -0.273. The maximum Gasteiger partial charge on any atom is 0.320 e. The molecule has 0 radical (unpaired) electrons. The summed E-state index contributed by atoms with van der Waals surface area (Å²) in [6.07, 6.45) is 3.49. The predicted octanol–water partition coefficient (Wildman–Crippen LogP) is 0.625. The van der Waals surface area contributed by atoms with Crippen LogP contribution in [-0.4, -0.2) is 23.7 Å². The minimum absolute atomic E-state index is 0.333. The molecular weight excluding hydrogens is 142 g/mol. The van der Waals surface area contributed by atoms with Gasteiger partial charge in [-0.1, -0.05) is 6.08 Å². The van der Waals surface area contributed by atoms with Crippen LogP contribution < -0.4 is 5.32 Å². The van der Waals surface area contributed by atoms with Crippen molar-refractivity contribution in [2.24, 2.45) is 5.92 Å². The molecule has 3 heteroatoms. The highest BCUT2D eigenvalue weighted by atomic mass is 16.4. The molecule has 1 aliphatic rings. The SMILES string of the molecule is C=CC[C@@H]1CN[C@@H](C(=O)O)C1. The number of aliphatic carboxylic acids is 1. The number of hydrogen-bond donors (Lipinski definition) is 2. The fourth-order valence-corrected chi connectivity index (χ4v) is 1.41. The summed E-state index contributed by atoms with van der Waals surface area (Å²) < 4.78 is 0. The van der Waals surface area contributed by atoms with Crippen LogP contribution in [0.25, 0.3) is 0 Å². The van der Waals surface area contributed by atoms with Gasteiger partial charge in [0.1, 0.15) is 6.04 Å². The molecule has 2 N–H and O–H groups in total. The van der Waals surface area contributed by atoms with Crippen LogP contribution in [0.1, 0.15) is 12.8 Å². The first kappa shape index (κ1) is 8.27. The molecule has 0 aromatic rings. The number of hydrogen-bond acceptors (Lipinski definition) is 2. The Hall–Kier alpha value is -0.830. The summed E-state index contributed by atoms with van der Waals surface area (Å²) in [7, 11) is 0. The van der Waals surface area contributed by atoms with Crippen molar-refractivity contribution in [3.8, 4) is 0 Å². The first-order valence-electron chi connectivity index (χ1n) is 3.81. The second-order valence-electron chi connectivity index (χ2n) is 2.93. The molecular formula is C8H13NO2. The third-order valence-electron chi connectivity index (χ3n) is 2.02. The van der Waals surface area contributed by atoms with E-state index in [4.69, 9.17) is 5.11 Å². The third kappa shape index (κ3) is 2.05. The molecule has 1 rings (SSSR count). The molecule has 1 fully saturated rings.